The Morgan fingerprint density at radius 2 is 2.50 bits per heavy atom. The van der Waals surface area contributed by atoms with Crippen molar-refractivity contribution in [2.45, 2.75) is 32.4 Å². The molecule has 4 heteroatoms. The fourth-order valence-corrected chi connectivity index (χ4v) is 1.83. The van der Waals surface area contributed by atoms with E-state index in [1.54, 1.807) is 13.3 Å². The maximum absolute atomic E-state index is 5.25. The van der Waals surface area contributed by atoms with Crippen LogP contribution in [0.4, 0.5) is 0 Å². The number of hydrogen-bond acceptors (Lipinski definition) is 2. The van der Waals surface area contributed by atoms with Gasteiger partial charge < -0.3 is 15.1 Å². The molecule has 16 heavy (non-hydrogen) atoms. The van der Waals surface area contributed by atoms with Crippen LogP contribution in [0.1, 0.15) is 25.5 Å². The van der Waals surface area contributed by atoms with Crippen molar-refractivity contribution in [1.29, 1.82) is 0 Å². The highest BCUT2D eigenvalue weighted by atomic mass is 16.3. The average molecular weight is 221 g/mol. The molecule has 2 atom stereocenters. The molecule has 1 heterocycles. The molecule has 1 aliphatic rings. The van der Waals surface area contributed by atoms with E-state index in [1.165, 1.54) is 12.8 Å². The Kier molecular flexibility index (Phi) is 3.49. The quantitative estimate of drug-likeness (QED) is 0.601. The number of guanidine groups is 1. The Morgan fingerprint density at radius 3 is 3.06 bits per heavy atom. The van der Waals surface area contributed by atoms with Gasteiger partial charge in [-0.3, -0.25) is 4.99 Å². The van der Waals surface area contributed by atoms with E-state index in [9.17, 15) is 0 Å². The summed E-state index contributed by atoms with van der Waals surface area (Å²) in [6, 6.07) is 4.45. The van der Waals surface area contributed by atoms with Gasteiger partial charge in [-0.1, -0.05) is 13.3 Å². The molecular weight excluding hydrogens is 202 g/mol. The van der Waals surface area contributed by atoms with E-state index in [2.05, 4.69) is 22.5 Å². The molecule has 0 aromatic carbocycles. The molecule has 0 spiro atoms. The minimum Gasteiger partial charge on any atom is -0.467 e. The number of aliphatic imine (C=N–C) groups is 1. The minimum atomic E-state index is 0.604. The van der Waals surface area contributed by atoms with Gasteiger partial charge in [0.1, 0.15) is 5.76 Å². The van der Waals surface area contributed by atoms with Crippen LogP contribution in [0.25, 0.3) is 0 Å². The third-order valence-electron chi connectivity index (χ3n) is 3.00. The highest BCUT2D eigenvalue weighted by Gasteiger charge is 2.35. The summed E-state index contributed by atoms with van der Waals surface area (Å²) in [6.07, 6.45) is 4.19. The smallest absolute Gasteiger partial charge is 0.191 e. The van der Waals surface area contributed by atoms with Gasteiger partial charge in [-0.2, -0.15) is 0 Å². The Bertz CT molecular complexity index is 345. The first-order valence-electron chi connectivity index (χ1n) is 5.83. The number of rotatable bonds is 4. The van der Waals surface area contributed by atoms with E-state index < -0.39 is 0 Å². The summed E-state index contributed by atoms with van der Waals surface area (Å²) >= 11 is 0. The monoisotopic (exact) mass is 221 g/mol. The van der Waals surface area contributed by atoms with E-state index in [4.69, 9.17) is 4.42 Å². The summed E-state index contributed by atoms with van der Waals surface area (Å²) in [5, 5.41) is 6.63. The number of nitrogens with one attached hydrogen (secondary N) is 2. The molecule has 0 aliphatic heterocycles. The molecule has 1 aliphatic carbocycles. The normalized spacial score (nSPS) is 24.2. The van der Waals surface area contributed by atoms with E-state index in [0.717, 1.165) is 17.6 Å². The van der Waals surface area contributed by atoms with Gasteiger partial charge in [0.2, 0.25) is 0 Å². The highest BCUT2D eigenvalue weighted by Crippen LogP contribution is 2.32. The minimum absolute atomic E-state index is 0.604. The lowest BCUT2D eigenvalue weighted by Gasteiger charge is -2.10. The molecule has 1 aromatic rings. The van der Waals surface area contributed by atoms with Crippen LogP contribution in [-0.2, 0) is 6.54 Å². The average Bonchev–Trinajstić information content (AvgIpc) is 2.85. The van der Waals surface area contributed by atoms with E-state index in [1.807, 2.05) is 12.1 Å². The van der Waals surface area contributed by atoms with E-state index in [-0.39, 0.29) is 0 Å². The summed E-state index contributed by atoms with van der Waals surface area (Å²) in [5.74, 6) is 2.60. The van der Waals surface area contributed by atoms with Crippen LogP contribution >= 0.6 is 0 Å². The van der Waals surface area contributed by atoms with Crippen LogP contribution in [0.15, 0.2) is 27.8 Å². The van der Waals surface area contributed by atoms with Crippen molar-refractivity contribution in [2.24, 2.45) is 10.9 Å². The maximum Gasteiger partial charge on any atom is 0.191 e. The zero-order valence-electron chi connectivity index (χ0n) is 9.86. The first-order chi connectivity index (χ1) is 7.83. The molecule has 1 aromatic heterocycles. The predicted molar refractivity (Wildman–Crippen MR) is 64.2 cm³/mol. The van der Waals surface area contributed by atoms with Crippen LogP contribution in [0, 0.1) is 5.92 Å². The van der Waals surface area contributed by atoms with Crippen molar-refractivity contribution >= 4 is 5.96 Å². The Hall–Kier alpha value is -1.45. The number of hydrogen-bond donors (Lipinski definition) is 2. The van der Waals surface area contributed by atoms with Gasteiger partial charge in [0.15, 0.2) is 5.96 Å². The summed E-state index contributed by atoms with van der Waals surface area (Å²) in [6.45, 7) is 2.90. The van der Waals surface area contributed by atoms with E-state index >= 15 is 0 Å². The molecule has 88 valence electrons. The molecule has 2 rings (SSSR count). The molecule has 2 N–H and O–H groups in total. The molecule has 0 unspecified atom stereocenters. The summed E-state index contributed by atoms with van der Waals surface area (Å²) < 4.78 is 5.25. The third-order valence-corrected chi connectivity index (χ3v) is 3.00. The fraction of sp³-hybridized carbons (Fsp3) is 0.583. The molecule has 1 fully saturated rings. The van der Waals surface area contributed by atoms with Crippen molar-refractivity contribution in [3.05, 3.63) is 24.2 Å². The van der Waals surface area contributed by atoms with Crippen LogP contribution < -0.4 is 10.6 Å². The predicted octanol–water partition coefficient (Wildman–Crippen LogP) is 1.74. The molecule has 4 nitrogen and oxygen atoms in total. The molecule has 0 amide bonds. The van der Waals surface area contributed by atoms with Crippen molar-refractivity contribution in [1.82, 2.24) is 10.6 Å². The second-order valence-corrected chi connectivity index (χ2v) is 4.16. The molecular formula is C12H19N3O. The largest absolute Gasteiger partial charge is 0.467 e. The van der Waals surface area contributed by atoms with Gasteiger partial charge in [-0.05, 0) is 24.5 Å². The zero-order chi connectivity index (χ0) is 11.4. The lowest BCUT2D eigenvalue weighted by atomic mass is 10.3. The van der Waals surface area contributed by atoms with Crippen molar-refractivity contribution in [2.75, 3.05) is 7.05 Å². The second-order valence-electron chi connectivity index (χ2n) is 4.16. The van der Waals surface area contributed by atoms with Crippen molar-refractivity contribution < 1.29 is 4.42 Å². The Labute approximate surface area is 96.1 Å². The standard InChI is InChI=1S/C12H19N3O/c1-3-9-7-11(9)15-12(13-2)14-8-10-5-4-6-16-10/h4-6,9,11H,3,7-8H2,1-2H3,(H2,13,14,15)/t9-,11-/m1/s1. The summed E-state index contributed by atoms with van der Waals surface area (Å²) in [5.41, 5.74) is 0. The Morgan fingerprint density at radius 1 is 1.62 bits per heavy atom. The van der Waals surface area contributed by atoms with Gasteiger partial charge in [-0.15, -0.1) is 0 Å². The summed E-state index contributed by atoms with van der Waals surface area (Å²) in [4.78, 5) is 4.19. The highest BCUT2D eigenvalue weighted by molar-refractivity contribution is 5.80. The van der Waals surface area contributed by atoms with Crippen LogP contribution in [0.5, 0.6) is 0 Å². The number of nitrogens with zero attached hydrogens (tertiary/aromatic N) is 1. The van der Waals surface area contributed by atoms with Crippen LogP contribution in [0.2, 0.25) is 0 Å². The molecule has 0 radical (unpaired) electrons. The van der Waals surface area contributed by atoms with Gasteiger partial charge >= 0.3 is 0 Å². The second kappa shape index (κ2) is 5.05. The van der Waals surface area contributed by atoms with Crippen LogP contribution in [0.3, 0.4) is 0 Å². The molecule has 0 saturated heterocycles. The Balaban J connectivity index is 1.74. The lowest BCUT2D eigenvalue weighted by Crippen LogP contribution is -2.38. The first kappa shape index (κ1) is 11.0. The van der Waals surface area contributed by atoms with E-state index in [0.29, 0.717) is 12.6 Å². The third kappa shape index (κ3) is 2.78. The number of furan rings is 1. The SMILES string of the molecule is CC[C@@H]1C[C@H]1NC(=NC)NCc1ccco1. The van der Waals surface area contributed by atoms with Crippen LogP contribution in [-0.4, -0.2) is 19.0 Å². The fourth-order valence-electron chi connectivity index (χ4n) is 1.83. The van der Waals surface area contributed by atoms with Gasteiger partial charge in [-0.25, -0.2) is 0 Å². The maximum atomic E-state index is 5.25. The van der Waals surface area contributed by atoms with Gasteiger partial charge in [0.25, 0.3) is 0 Å². The molecule has 1 saturated carbocycles. The first-order valence-corrected chi connectivity index (χ1v) is 5.83. The van der Waals surface area contributed by atoms with Gasteiger partial charge in [0.05, 0.1) is 12.8 Å². The van der Waals surface area contributed by atoms with Crippen molar-refractivity contribution in [3.8, 4) is 0 Å². The van der Waals surface area contributed by atoms with Crippen molar-refractivity contribution in [3.63, 3.8) is 0 Å². The lowest BCUT2D eigenvalue weighted by molar-refractivity contribution is 0.501. The zero-order valence-corrected chi connectivity index (χ0v) is 9.86. The summed E-state index contributed by atoms with van der Waals surface area (Å²) in [7, 11) is 1.79. The van der Waals surface area contributed by atoms with Gasteiger partial charge in [0, 0.05) is 13.1 Å². The molecule has 0 bridgehead atoms. The topological polar surface area (TPSA) is 49.6 Å².